The number of nitrogens with zero attached hydrogens (tertiary/aromatic N) is 2. The predicted octanol–water partition coefficient (Wildman–Crippen LogP) is 3.28. The van der Waals surface area contributed by atoms with Crippen LogP contribution in [0, 0.1) is 0 Å². The van der Waals surface area contributed by atoms with Gasteiger partial charge in [-0.05, 0) is 44.2 Å². The fourth-order valence-corrected chi connectivity index (χ4v) is 3.91. The van der Waals surface area contributed by atoms with Crippen molar-refractivity contribution in [2.75, 3.05) is 33.2 Å². The molecule has 1 saturated heterocycles. The molecule has 2 rings (SSSR count). The molecule has 0 aromatic carbocycles. The van der Waals surface area contributed by atoms with Crippen LogP contribution in [-0.4, -0.2) is 50.1 Å². The van der Waals surface area contributed by atoms with Crippen LogP contribution in [0.15, 0.2) is 22.5 Å². The lowest BCUT2D eigenvalue weighted by Gasteiger charge is -2.33. The zero-order valence-corrected chi connectivity index (χ0v) is 15.7. The number of likely N-dealkylation sites (tertiary alicyclic amines) is 1. The van der Waals surface area contributed by atoms with E-state index in [1.165, 1.54) is 43.6 Å². The molecule has 2 heterocycles. The number of hydrogen-bond acceptors (Lipinski definition) is 3. The summed E-state index contributed by atoms with van der Waals surface area (Å²) in [5.74, 6) is 1.43. The van der Waals surface area contributed by atoms with Gasteiger partial charge in [0, 0.05) is 43.5 Å². The van der Waals surface area contributed by atoms with E-state index in [-0.39, 0.29) is 0 Å². The summed E-state index contributed by atoms with van der Waals surface area (Å²) in [6.07, 6.45) is 5.29. The van der Waals surface area contributed by atoms with Crippen molar-refractivity contribution in [2.24, 2.45) is 4.99 Å². The van der Waals surface area contributed by atoms with Crippen LogP contribution >= 0.6 is 11.3 Å². The number of guanidine groups is 1. The van der Waals surface area contributed by atoms with Gasteiger partial charge in [-0.3, -0.25) is 4.99 Å². The predicted molar refractivity (Wildman–Crippen MR) is 102 cm³/mol. The number of piperidine rings is 1. The highest BCUT2D eigenvalue weighted by atomic mass is 32.1. The quantitative estimate of drug-likeness (QED) is 0.456. The number of rotatable bonds is 7. The molecule has 2 unspecified atom stereocenters. The maximum atomic E-state index is 4.32. The molecular weight excluding hydrogens is 304 g/mol. The molecule has 0 amide bonds. The van der Waals surface area contributed by atoms with Crippen LogP contribution in [0.2, 0.25) is 0 Å². The molecule has 0 saturated carbocycles. The van der Waals surface area contributed by atoms with E-state index >= 15 is 0 Å². The van der Waals surface area contributed by atoms with Crippen LogP contribution in [0.5, 0.6) is 0 Å². The van der Waals surface area contributed by atoms with E-state index in [1.807, 2.05) is 18.4 Å². The summed E-state index contributed by atoms with van der Waals surface area (Å²) < 4.78 is 0. The third-order valence-electron chi connectivity index (χ3n) is 4.68. The first-order valence-corrected chi connectivity index (χ1v) is 9.80. The van der Waals surface area contributed by atoms with Gasteiger partial charge in [0.2, 0.25) is 0 Å². The zero-order chi connectivity index (χ0) is 16.5. The van der Waals surface area contributed by atoms with Gasteiger partial charge in [0.15, 0.2) is 5.96 Å². The molecule has 1 aromatic heterocycles. The van der Waals surface area contributed by atoms with Gasteiger partial charge < -0.3 is 15.5 Å². The maximum absolute atomic E-state index is 4.32. The van der Waals surface area contributed by atoms with E-state index < -0.39 is 0 Å². The molecule has 1 aliphatic heterocycles. The summed E-state index contributed by atoms with van der Waals surface area (Å²) in [5, 5.41) is 9.02. The van der Waals surface area contributed by atoms with Crippen molar-refractivity contribution in [3.8, 4) is 0 Å². The first kappa shape index (κ1) is 18.3. The van der Waals surface area contributed by atoms with Gasteiger partial charge in [0.25, 0.3) is 0 Å². The smallest absolute Gasteiger partial charge is 0.190 e. The van der Waals surface area contributed by atoms with Crippen molar-refractivity contribution in [1.82, 2.24) is 15.5 Å². The fraction of sp³-hybridized carbons (Fsp3) is 0.722. The topological polar surface area (TPSA) is 39.7 Å². The third-order valence-corrected chi connectivity index (χ3v) is 5.79. The van der Waals surface area contributed by atoms with Crippen molar-refractivity contribution < 1.29 is 0 Å². The zero-order valence-electron chi connectivity index (χ0n) is 14.8. The molecule has 4 nitrogen and oxygen atoms in total. The molecule has 130 valence electrons. The average molecular weight is 337 g/mol. The van der Waals surface area contributed by atoms with Crippen molar-refractivity contribution in [2.45, 2.75) is 51.5 Å². The van der Waals surface area contributed by atoms with Gasteiger partial charge in [-0.25, -0.2) is 0 Å². The summed E-state index contributed by atoms with van der Waals surface area (Å²) >= 11 is 1.82. The minimum Gasteiger partial charge on any atom is -0.356 e. The Morgan fingerprint density at radius 2 is 2.30 bits per heavy atom. The Labute approximate surface area is 145 Å². The molecule has 5 heteroatoms. The Kier molecular flexibility index (Phi) is 7.89. The van der Waals surface area contributed by atoms with Crippen LogP contribution in [0.3, 0.4) is 0 Å². The Bertz CT molecular complexity index is 458. The number of nitrogens with one attached hydrogen (secondary N) is 2. The van der Waals surface area contributed by atoms with E-state index in [2.05, 4.69) is 51.9 Å². The second-order valence-electron chi connectivity index (χ2n) is 6.53. The number of hydrogen-bond donors (Lipinski definition) is 2. The largest absolute Gasteiger partial charge is 0.356 e. The van der Waals surface area contributed by atoms with Gasteiger partial charge >= 0.3 is 0 Å². The van der Waals surface area contributed by atoms with Crippen molar-refractivity contribution in [1.29, 1.82) is 0 Å². The Morgan fingerprint density at radius 3 is 3.00 bits per heavy atom. The maximum Gasteiger partial charge on any atom is 0.190 e. The molecule has 0 bridgehead atoms. The Morgan fingerprint density at radius 1 is 1.43 bits per heavy atom. The standard InChI is InChI=1S/C18H32N4S/c1-15(17-9-6-13-23-17)14-21-18(19-3)20-10-7-12-22-11-5-4-8-16(22)2/h6,9,13,15-16H,4-5,7-8,10-12,14H2,1-3H3,(H2,19,20,21). The summed E-state index contributed by atoms with van der Waals surface area (Å²) in [7, 11) is 1.85. The molecule has 1 aliphatic rings. The van der Waals surface area contributed by atoms with Crippen molar-refractivity contribution in [3.05, 3.63) is 22.4 Å². The Balaban J connectivity index is 1.61. The van der Waals surface area contributed by atoms with Crippen LogP contribution in [0.1, 0.15) is 50.3 Å². The second-order valence-corrected chi connectivity index (χ2v) is 7.51. The lowest BCUT2D eigenvalue weighted by atomic mass is 10.0. The minimum absolute atomic E-state index is 0.516. The molecule has 0 spiro atoms. The fourth-order valence-electron chi connectivity index (χ4n) is 3.12. The molecule has 1 aromatic rings. The van der Waals surface area contributed by atoms with Gasteiger partial charge in [0.1, 0.15) is 0 Å². The van der Waals surface area contributed by atoms with Crippen LogP contribution < -0.4 is 10.6 Å². The van der Waals surface area contributed by atoms with Crippen LogP contribution in [0.25, 0.3) is 0 Å². The molecule has 0 radical (unpaired) electrons. The van der Waals surface area contributed by atoms with Gasteiger partial charge in [-0.1, -0.05) is 19.4 Å². The van der Waals surface area contributed by atoms with Gasteiger partial charge in [0.05, 0.1) is 0 Å². The van der Waals surface area contributed by atoms with E-state index in [1.54, 1.807) is 0 Å². The van der Waals surface area contributed by atoms with E-state index in [9.17, 15) is 0 Å². The van der Waals surface area contributed by atoms with E-state index in [0.29, 0.717) is 5.92 Å². The molecule has 1 fully saturated rings. The highest BCUT2D eigenvalue weighted by molar-refractivity contribution is 7.10. The number of thiophene rings is 1. The summed E-state index contributed by atoms with van der Waals surface area (Å²) in [6.45, 7) is 8.98. The normalized spacial score (nSPS) is 21.2. The molecular formula is C18H32N4S. The highest BCUT2D eigenvalue weighted by Crippen LogP contribution is 2.19. The van der Waals surface area contributed by atoms with Gasteiger partial charge in [-0.15, -0.1) is 11.3 Å². The molecule has 23 heavy (non-hydrogen) atoms. The Hall–Kier alpha value is -1.07. The number of aliphatic imine (C=N–C) groups is 1. The highest BCUT2D eigenvalue weighted by Gasteiger charge is 2.17. The third kappa shape index (κ3) is 6.15. The van der Waals surface area contributed by atoms with Gasteiger partial charge in [-0.2, -0.15) is 0 Å². The summed E-state index contributed by atoms with van der Waals surface area (Å²) in [5.41, 5.74) is 0. The molecule has 2 N–H and O–H groups in total. The first-order valence-electron chi connectivity index (χ1n) is 8.92. The lowest BCUT2D eigenvalue weighted by molar-refractivity contribution is 0.159. The molecule has 0 aliphatic carbocycles. The molecule has 2 atom stereocenters. The van der Waals surface area contributed by atoms with Crippen LogP contribution in [0.4, 0.5) is 0 Å². The first-order chi connectivity index (χ1) is 11.2. The monoisotopic (exact) mass is 336 g/mol. The van der Waals surface area contributed by atoms with Crippen molar-refractivity contribution in [3.63, 3.8) is 0 Å². The van der Waals surface area contributed by atoms with E-state index in [4.69, 9.17) is 0 Å². The van der Waals surface area contributed by atoms with E-state index in [0.717, 1.165) is 25.1 Å². The minimum atomic E-state index is 0.516. The summed E-state index contributed by atoms with van der Waals surface area (Å²) in [4.78, 5) is 8.37. The SMILES string of the molecule is CN=C(NCCCN1CCCCC1C)NCC(C)c1cccs1. The summed E-state index contributed by atoms with van der Waals surface area (Å²) in [6, 6.07) is 5.07. The van der Waals surface area contributed by atoms with Crippen molar-refractivity contribution >= 4 is 17.3 Å². The van der Waals surface area contributed by atoms with Crippen LogP contribution in [-0.2, 0) is 0 Å². The second kappa shape index (κ2) is 9.93. The average Bonchev–Trinajstić information content (AvgIpc) is 3.10. The lowest BCUT2D eigenvalue weighted by Crippen LogP contribution is -2.42.